The number of thiophene rings is 1. The molecule has 0 aromatic carbocycles. The van der Waals surface area contributed by atoms with Gasteiger partial charge in [-0.25, -0.2) is 0 Å². The third-order valence-corrected chi connectivity index (χ3v) is 8.06. The van der Waals surface area contributed by atoms with Crippen LogP contribution in [0.25, 0.3) is 0 Å². The number of hydrogen-bond donors (Lipinski definition) is 1. The highest BCUT2D eigenvalue weighted by molar-refractivity contribution is 7.07. The minimum Gasteiger partial charge on any atom is -0.349 e. The molecule has 1 aliphatic heterocycles. The van der Waals surface area contributed by atoms with Crippen LogP contribution in [0.4, 0.5) is 0 Å². The van der Waals surface area contributed by atoms with E-state index in [9.17, 15) is 4.79 Å². The van der Waals surface area contributed by atoms with Crippen LogP contribution in [0, 0.1) is 18.8 Å². The number of amides is 1. The van der Waals surface area contributed by atoms with Crippen LogP contribution in [-0.2, 0) is 6.54 Å². The van der Waals surface area contributed by atoms with Crippen molar-refractivity contribution in [1.29, 1.82) is 0 Å². The Hall–Kier alpha value is -1.72. The smallest absolute Gasteiger partial charge is 0.253 e. The van der Waals surface area contributed by atoms with E-state index in [1.165, 1.54) is 31.2 Å². The van der Waals surface area contributed by atoms with Gasteiger partial charge in [-0.15, -0.1) is 0 Å². The van der Waals surface area contributed by atoms with Gasteiger partial charge in [-0.3, -0.25) is 14.7 Å². The Balaban J connectivity index is 1.26. The van der Waals surface area contributed by atoms with Crippen molar-refractivity contribution >= 4 is 17.2 Å². The lowest BCUT2D eigenvalue weighted by atomic mass is 9.89. The first-order chi connectivity index (χ1) is 14.2. The second-order valence-electron chi connectivity index (χ2n) is 9.32. The Bertz CT molecular complexity index is 857. The number of rotatable bonds is 5. The molecule has 3 unspecified atom stereocenters. The predicted octanol–water partition coefficient (Wildman–Crippen LogP) is 4.75. The Morgan fingerprint density at radius 3 is 2.72 bits per heavy atom. The van der Waals surface area contributed by atoms with Gasteiger partial charge in [0.2, 0.25) is 0 Å². The summed E-state index contributed by atoms with van der Waals surface area (Å²) in [5, 5.41) is 7.77. The summed E-state index contributed by atoms with van der Waals surface area (Å²) in [5.74, 6) is 2.03. The summed E-state index contributed by atoms with van der Waals surface area (Å²) in [6.45, 7) is 5.22. The maximum Gasteiger partial charge on any atom is 0.253 e. The molecule has 5 rings (SSSR count). The van der Waals surface area contributed by atoms with Crippen molar-refractivity contribution in [1.82, 2.24) is 15.2 Å². The number of fused-ring (bicyclic) bond motifs is 2. The van der Waals surface area contributed by atoms with Gasteiger partial charge >= 0.3 is 0 Å². The Morgan fingerprint density at radius 2 is 2.03 bits per heavy atom. The van der Waals surface area contributed by atoms with E-state index in [-0.39, 0.29) is 5.91 Å². The Kier molecular flexibility index (Phi) is 5.44. The van der Waals surface area contributed by atoms with Crippen LogP contribution in [-0.4, -0.2) is 34.9 Å². The van der Waals surface area contributed by atoms with Crippen LogP contribution in [0.2, 0.25) is 0 Å². The van der Waals surface area contributed by atoms with Crippen LogP contribution in [0.15, 0.2) is 29.0 Å². The molecule has 2 saturated carbocycles. The maximum absolute atomic E-state index is 13.2. The molecule has 4 nitrogen and oxygen atoms in total. The summed E-state index contributed by atoms with van der Waals surface area (Å²) in [6.07, 6.45) is 7.29. The highest BCUT2D eigenvalue weighted by atomic mass is 32.1. The standard InChI is InChI=1S/C24H31N3OS/c1-16-2-5-21(24(28)26-22-13-17-3-4-20(22)12-17)23(25-16)19-6-9-27(10-7-19)14-18-8-11-29-15-18/h2,5,8,11,15,17,19-20,22H,3-4,6-7,9-10,12-14H2,1H3,(H,26,28). The van der Waals surface area contributed by atoms with Gasteiger partial charge in [0.25, 0.3) is 5.91 Å². The molecule has 2 aromatic heterocycles. The molecular weight excluding hydrogens is 378 g/mol. The number of nitrogens with one attached hydrogen (secondary N) is 1. The first-order valence-electron chi connectivity index (χ1n) is 11.2. The van der Waals surface area contributed by atoms with Gasteiger partial charge in [0.1, 0.15) is 0 Å². The van der Waals surface area contributed by atoms with E-state index in [1.807, 2.05) is 19.1 Å². The van der Waals surface area contributed by atoms with Crippen LogP contribution in [0.1, 0.15) is 71.8 Å². The number of piperidine rings is 1. The molecule has 1 N–H and O–H groups in total. The second kappa shape index (κ2) is 8.19. The topological polar surface area (TPSA) is 45.2 Å². The molecule has 0 spiro atoms. The zero-order valence-corrected chi connectivity index (χ0v) is 18.1. The molecule has 29 heavy (non-hydrogen) atoms. The SMILES string of the molecule is Cc1ccc(C(=O)NC2CC3CCC2C3)c(C2CCN(Cc3ccsc3)CC2)n1. The van der Waals surface area contributed by atoms with Crippen molar-refractivity contribution in [2.24, 2.45) is 11.8 Å². The highest BCUT2D eigenvalue weighted by Crippen LogP contribution is 2.44. The molecule has 3 fully saturated rings. The van der Waals surface area contributed by atoms with E-state index in [0.717, 1.165) is 55.3 Å². The van der Waals surface area contributed by atoms with Gasteiger partial charge in [-0.1, -0.05) is 6.42 Å². The zero-order chi connectivity index (χ0) is 19.8. The fraction of sp³-hybridized carbons (Fsp3) is 0.583. The van der Waals surface area contributed by atoms with E-state index < -0.39 is 0 Å². The quantitative estimate of drug-likeness (QED) is 0.775. The van der Waals surface area contributed by atoms with Gasteiger partial charge in [0.05, 0.1) is 11.3 Å². The van der Waals surface area contributed by atoms with Crippen molar-refractivity contribution in [2.45, 2.75) is 64.0 Å². The van der Waals surface area contributed by atoms with Gasteiger partial charge in [0.15, 0.2) is 0 Å². The largest absolute Gasteiger partial charge is 0.349 e. The molecule has 3 heterocycles. The van der Waals surface area contributed by atoms with Gasteiger partial charge in [-0.05, 0) is 98.5 Å². The molecule has 3 aliphatic rings. The summed E-state index contributed by atoms with van der Waals surface area (Å²) >= 11 is 1.77. The van der Waals surface area contributed by atoms with Crippen molar-refractivity contribution in [3.8, 4) is 0 Å². The summed E-state index contributed by atoms with van der Waals surface area (Å²) in [4.78, 5) is 20.6. The molecule has 2 bridgehead atoms. The number of carbonyl (C=O) groups excluding carboxylic acids is 1. The molecule has 1 saturated heterocycles. The second-order valence-corrected chi connectivity index (χ2v) is 10.1. The number of likely N-dealkylation sites (tertiary alicyclic amines) is 1. The van der Waals surface area contributed by atoms with Crippen LogP contribution in [0.3, 0.4) is 0 Å². The Labute approximate surface area is 177 Å². The lowest BCUT2D eigenvalue weighted by molar-refractivity contribution is 0.0920. The van der Waals surface area contributed by atoms with Crippen molar-refractivity contribution in [3.63, 3.8) is 0 Å². The zero-order valence-electron chi connectivity index (χ0n) is 17.3. The molecule has 1 amide bonds. The lowest BCUT2D eigenvalue weighted by Crippen LogP contribution is -2.39. The molecule has 3 atom stereocenters. The summed E-state index contributed by atoms with van der Waals surface area (Å²) in [6, 6.07) is 6.60. The first kappa shape index (κ1) is 19.3. The summed E-state index contributed by atoms with van der Waals surface area (Å²) in [7, 11) is 0. The number of aryl methyl sites for hydroxylation is 1. The Morgan fingerprint density at radius 1 is 1.17 bits per heavy atom. The normalized spacial score (nSPS) is 27.4. The minimum atomic E-state index is 0.103. The van der Waals surface area contributed by atoms with Gasteiger partial charge < -0.3 is 5.32 Å². The average molecular weight is 410 g/mol. The lowest BCUT2D eigenvalue weighted by Gasteiger charge is -2.32. The summed E-state index contributed by atoms with van der Waals surface area (Å²) < 4.78 is 0. The van der Waals surface area contributed by atoms with Gasteiger partial charge in [-0.2, -0.15) is 11.3 Å². The monoisotopic (exact) mass is 409 g/mol. The maximum atomic E-state index is 13.2. The van der Waals surface area contributed by atoms with E-state index >= 15 is 0 Å². The van der Waals surface area contributed by atoms with Gasteiger partial charge in [0, 0.05) is 24.2 Å². The number of hydrogen-bond acceptors (Lipinski definition) is 4. The van der Waals surface area contributed by atoms with E-state index in [4.69, 9.17) is 4.98 Å². The number of aromatic nitrogens is 1. The minimum absolute atomic E-state index is 0.103. The van der Waals surface area contributed by atoms with Crippen molar-refractivity contribution in [2.75, 3.05) is 13.1 Å². The number of nitrogens with zero attached hydrogens (tertiary/aromatic N) is 2. The van der Waals surface area contributed by atoms with E-state index in [2.05, 4.69) is 27.0 Å². The molecular formula is C24H31N3OS. The molecule has 2 aliphatic carbocycles. The number of carbonyl (C=O) groups is 1. The number of pyridine rings is 1. The van der Waals surface area contributed by atoms with E-state index in [0.29, 0.717) is 17.9 Å². The van der Waals surface area contributed by atoms with Crippen molar-refractivity contribution < 1.29 is 4.79 Å². The summed E-state index contributed by atoms with van der Waals surface area (Å²) in [5.41, 5.74) is 4.26. The molecule has 0 radical (unpaired) electrons. The van der Waals surface area contributed by atoms with Crippen LogP contribution in [0.5, 0.6) is 0 Å². The predicted molar refractivity (Wildman–Crippen MR) is 117 cm³/mol. The van der Waals surface area contributed by atoms with E-state index in [1.54, 1.807) is 11.3 Å². The average Bonchev–Trinajstić information content (AvgIpc) is 3.47. The third-order valence-electron chi connectivity index (χ3n) is 7.32. The molecule has 154 valence electrons. The fourth-order valence-electron chi connectivity index (χ4n) is 5.75. The van der Waals surface area contributed by atoms with Crippen molar-refractivity contribution in [3.05, 3.63) is 51.5 Å². The van der Waals surface area contributed by atoms with Crippen LogP contribution >= 0.6 is 11.3 Å². The first-order valence-corrected chi connectivity index (χ1v) is 12.1. The molecule has 5 heteroatoms. The van der Waals surface area contributed by atoms with Crippen LogP contribution < -0.4 is 5.32 Å². The fourth-order valence-corrected chi connectivity index (χ4v) is 6.41. The molecule has 2 aromatic rings. The highest BCUT2D eigenvalue weighted by Gasteiger charge is 2.40. The third kappa shape index (κ3) is 4.13.